The quantitative estimate of drug-likeness (QED) is 0.269. The second-order valence-corrected chi connectivity index (χ2v) is 13.1. The standard InChI is InChI=1S/C35H47N7O5/c1-23-32(47-22-37-23)21-46-31-8-7-26-19-41(12-9-25(26)15-31)20-30(44)18-36-35(45)27-16-33(38-28-10-13-42(14-11-28)24(2)43)39-34(17-27)40(3)29-5-4-6-29/h7-8,15-17,22,28-30,44H,4-6,9-14,18-21H2,1-3H3,(H,36,45)(H,38,39)/t30-/m0/s1. The molecule has 0 spiro atoms. The first kappa shape index (κ1) is 32.8. The molecule has 2 fully saturated rings. The summed E-state index contributed by atoms with van der Waals surface area (Å²) in [5.41, 5.74) is 3.80. The number of ether oxygens (including phenoxy) is 1. The number of hydrogen-bond acceptors (Lipinski definition) is 10. The molecule has 3 N–H and O–H groups in total. The van der Waals surface area contributed by atoms with Crippen LogP contribution in [0.3, 0.4) is 0 Å². The molecule has 2 aromatic heterocycles. The molecule has 12 heteroatoms. The van der Waals surface area contributed by atoms with Crippen LogP contribution in [-0.4, -0.2) is 94.6 Å². The summed E-state index contributed by atoms with van der Waals surface area (Å²) in [6.07, 6.45) is 6.67. The largest absolute Gasteiger partial charge is 0.486 e. The number of aliphatic hydroxyl groups excluding tert-OH is 1. The first-order valence-corrected chi connectivity index (χ1v) is 16.8. The van der Waals surface area contributed by atoms with E-state index in [4.69, 9.17) is 14.1 Å². The van der Waals surface area contributed by atoms with Crippen LogP contribution in [0, 0.1) is 6.92 Å². The Kier molecular flexibility index (Phi) is 10.3. The fraction of sp³-hybridized carbons (Fsp3) is 0.543. The normalized spacial score (nSPS) is 17.8. The van der Waals surface area contributed by atoms with E-state index in [1.54, 1.807) is 13.0 Å². The van der Waals surface area contributed by atoms with Gasteiger partial charge in [0.2, 0.25) is 5.91 Å². The third-order valence-corrected chi connectivity index (χ3v) is 9.80. The van der Waals surface area contributed by atoms with Crippen LogP contribution in [0.2, 0.25) is 0 Å². The number of anilines is 2. The summed E-state index contributed by atoms with van der Waals surface area (Å²) in [6.45, 7) is 7.41. The lowest BCUT2D eigenvalue weighted by molar-refractivity contribution is -0.129. The van der Waals surface area contributed by atoms with Crippen LogP contribution in [0.4, 0.5) is 11.6 Å². The number of fused-ring (bicyclic) bond motifs is 1. The summed E-state index contributed by atoms with van der Waals surface area (Å²) in [7, 11) is 2.04. The Labute approximate surface area is 276 Å². The average molecular weight is 646 g/mol. The molecule has 1 saturated heterocycles. The maximum atomic E-state index is 13.4. The number of nitrogens with one attached hydrogen (secondary N) is 2. The minimum absolute atomic E-state index is 0.104. The first-order valence-electron chi connectivity index (χ1n) is 16.8. The Morgan fingerprint density at radius 1 is 1.13 bits per heavy atom. The molecule has 0 bridgehead atoms. The summed E-state index contributed by atoms with van der Waals surface area (Å²) in [4.78, 5) is 40.4. The van der Waals surface area contributed by atoms with Crippen molar-refractivity contribution in [2.24, 2.45) is 0 Å². The SMILES string of the molecule is CC(=O)N1CCC(Nc2cc(C(=O)NC[C@H](O)CN3CCc4cc(OCc5ocnc5C)ccc4C3)cc(N(C)C3CCC3)n2)CC1. The van der Waals surface area contributed by atoms with E-state index in [0.29, 0.717) is 43.7 Å². The number of aryl methyl sites for hydroxylation is 1. The monoisotopic (exact) mass is 645 g/mol. The molecule has 2 amide bonds. The summed E-state index contributed by atoms with van der Waals surface area (Å²) < 4.78 is 11.3. The predicted molar refractivity (Wildman–Crippen MR) is 179 cm³/mol. The van der Waals surface area contributed by atoms with Gasteiger partial charge in [0.15, 0.2) is 12.2 Å². The van der Waals surface area contributed by atoms with Gasteiger partial charge in [-0.1, -0.05) is 6.07 Å². The number of piperidine rings is 1. The third-order valence-electron chi connectivity index (χ3n) is 9.80. The van der Waals surface area contributed by atoms with Crippen molar-refractivity contribution in [1.29, 1.82) is 0 Å². The zero-order chi connectivity index (χ0) is 32.9. The van der Waals surface area contributed by atoms with E-state index in [1.807, 2.05) is 31.0 Å². The second-order valence-electron chi connectivity index (χ2n) is 13.1. The number of carbonyl (C=O) groups excluding carboxylic acids is 2. The molecule has 12 nitrogen and oxygen atoms in total. The number of benzene rings is 1. The van der Waals surface area contributed by atoms with E-state index in [9.17, 15) is 14.7 Å². The topological polar surface area (TPSA) is 136 Å². The number of aliphatic hydroxyl groups is 1. The zero-order valence-corrected chi connectivity index (χ0v) is 27.7. The molecule has 1 atom stereocenters. The molecule has 0 unspecified atom stereocenters. The molecular weight excluding hydrogens is 598 g/mol. The minimum Gasteiger partial charge on any atom is -0.486 e. The summed E-state index contributed by atoms with van der Waals surface area (Å²) in [6, 6.07) is 10.4. The molecule has 0 radical (unpaired) electrons. The van der Waals surface area contributed by atoms with Crippen LogP contribution in [0.5, 0.6) is 5.75 Å². The van der Waals surface area contributed by atoms with Crippen molar-refractivity contribution in [1.82, 2.24) is 25.1 Å². The third kappa shape index (κ3) is 8.23. The van der Waals surface area contributed by atoms with Crippen LogP contribution < -0.4 is 20.3 Å². The number of likely N-dealkylation sites (tertiary alicyclic amines) is 1. The van der Waals surface area contributed by atoms with Gasteiger partial charge >= 0.3 is 0 Å². The van der Waals surface area contributed by atoms with Crippen molar-refractivity contribution < 1.29 is 23.8 Å². The van der Waals surface area contributed by atoms with Crippen molar-refractivity contribution in [3.8, 4) is 5.75 Å². The maximum Gasteiger partial charge on any atom is 0.251 e. The van der Waals surface area contributed by atoms with Gasteiger partial charge in [0, 0.05) is 70.9 Å². The van der Waals surface area contributed by atoms with Crippen LogP contribution in [0.25, 0.3) is 0 Å². The van der Waals surface area contributed by atoms with Crippen LogP contribution in [-0.2, 0) is 24.4 Å². The molecule has 47 heavy (non-hydrogen) atoms. The van der Waals surface area contributed by atoms with Crippen molar-refractivity contribution >= 4 is 23.5 Å². The number of pyridine rings is 1. The number of β-amino-alcohol motifs (C(OH)–C–C–N with tert-alkyl or cyclic N) is 1. The lowest BCUT2D eigenvalue weighted by Crippen LogP contribution is -2.42. The molecule has 1 saturated carbocycles. The Morgan fingerprint density at radius 2 is 1.94 bits per heavy atom. The van der Waals surface area contributed by atoms with Gasteiger partial charge in [0.1, 0.15) is 24.0 Å². The molecular formula is C35H47N7O5. The van der Waals surface area contributed by atoms with Gasteiger partial charge in [0.25, 0.3) is 5.91 Å². The second kappa shape index (κ2) is 14.7. The Hall–Kier alpha value is -4.16. The molecule has 4 heterocycles. The highest BCUT2D eigenvalue weighted by Gasteiger charge is 2.26. The number of hydrogen-bond donors (Lipinski definition) is 3. The molecule has 252 valence electrons. The summed E-state index contributed by atoms with van der Waals surface area (Å²) >= 11 is 0. The maximum absolute atomic E-state index is 13.4. The van der Waals surface area contributed by atoms with Crippen LogP contribution >= 0.6 is 0 Å². The van der Waals surface area contributed by atoms with E-state index >= 15 is 0 Å². The van der Waals surface area contributed by atoms with Crippen LogP contribution in [0.1, 0.15) is 72.0 Å². The smallest absolute Gasteiger partial charge is 0.251 e. The zero-order valence-electron chi connectivity index (χ0n) is 27.7. The van der Waals surface area contributed by atoms with E-state index in [0.717, 1.165) is 68.2 Å². The number of rotatable bonds is 12. The molecule has 2 aliphatic heterocycles. The van der Waals surface area contributed by atoms with Crippen molar-refractivity contribution in [3.63, 3.8) is 0 Å². The highest BCUT2D eigenvalue weighted by Crippen LogP contribution is 2.29. The number of nitrogens with zero attached hydrogens (tertiary/aromatic N) is 5. The van der Waals surface area contributed by atoms with Gasteiger partial charge in [-0.3, -0.25) is 14.5 Å². The fourth-order valence-corrected chi connectivity index (χ4v) is 6.53. The number of oxazole rings is 1. The molecule has 6 rings (SSSR count). The van der Waals surface area contributed by atoms with Crippen molar-refractivity contribution in [3.05, 3.63) is 64.9 Å². The fourth-order valence-electron chi connectivity index (χ4n) is 6.53. The average Bonchev–Trinajstić information content (AvgIpc) is 3.46. The lowest BCUT2D eigenvalue weighted by atomic mass is 9.92. The highest BCUT2D eigenvalue weighted by molar-refractivity contribution is 5.95. The minimum atomic E-state index is -0.712. The summed E-state index contributed by atoms with van der Waals surface area (Å²) in [5.74, 6) is 2.81. The van der Waals surface area contributed by atoms with E-state index in [2.05, 4.69) is 37.6 Å². The van der Waals surface area contributed by atoms with Gasteiger partial charge in [-0.2, -0.15) is 0 Å². The molecule has 1 aliphatic carbocycles. The molecule has 1 aromatic carbocycles. The van der Waals surface area contributed by atoms with E-state index in [1.165, 1.54) is 23.9 Å². The van der Waals surface area contributed by atoms with Crippen molar-refractivity contribution in [2.45, 2.75) is 83.7 Å². The van der Waals surface area contributed by atoms with E-state index < -0.39 is 6.10 Å². The summed E-state index contributed by atoms with van der Waals surface area (Å²) in [5, 5.41) is 17.4. The first-order chi connectivity index (χ1) is 22.7. The predicted octanol–water partition coefficient (Wildman–Crippen LogP) is 3.52. The van der Waals surface area contributed by atoms with Crippen molar-refractivity contribution in [2.75, 3.05) is 50.0 Å². The highest BCUT2D eigenvalue weighted by atomic mass is 16.5. The van der Waals surface area contributed by atoms with Crippen LogP contribution in [0.15, 0.2) is 41.1 Å². The van der Waals surface area contributed by atoms with Gasteiger partial charge in [-0.05, 0) is 80.8 Å². The number of aromatic nitrogens is 2. The van der Waals surface area contributed by atoms with Gasteiger partial charge in [-0.15, -0.1) is 0 Å². The Balaban J connectivity index is 1.02. The number of amides is 2. The molecule has 3 aliphatic rings. The van der Waals surface area contributed by atoms with Gasteiger partial charge in [-0.25, -0.2) is 9.97 Å². The number of carbonyl (C=O) groups is 2. The Bertz CT molecular complexity index is 1550. The van der Waals surface area contributed by atoms with Gasteiger partial charge in [0.05, 0.1) is 11.8 Å². The Morgan fingerprint density at radius 3 is 2.64 bits per heavy atom. The lowest BCUT2D eigenvalue weighted by Gasteiger charge is -2.36. The molecule has 3 aromatic rings. The van der Waals surface area contributed by atoms with Gasteiger partial charge < -0.3 is 34.7 Å². The van der Waals surface area contributed by atoms with E-state index in [-0.39, 0.29) is 24.4 Å².